The topological polar surface area (TPSA) is 62.5 Å². The first-order valence-electron chi connectivity index (χ1n) is 6.38. The van der Waals surface area contributed by atoms with E-state index in [0.29, 0.717) is 17.1 Å². The van der Waals surface area contributed by atoms with Crippen molar-refractivity contribution in [2.24, 2.45) is 5.92 Å². The third-order valence-electron chi connectivity index (χ3n) is 3.46. The van der Waals surface area contributed by atoms with Crippen LogP contribution < -0.4 is 5.32 Å². The average Bonchev–Trinajstić information content (AvgIpc) is 2.83. The van der Waals surface area contributed by atoms with Gasteiger partial charge in [0.25, 0.3) is 5.91 Å². The van der Waals surface area contributed by atoms with Crippen LogP contribution in [0.3, 0.4) is 0 Å². The van der Waals surface area contributed by atoms with Gasteiger partial charge in [-0.3, -0.25) is 4.79 Å². The molecule has 1 heterocycles. The van der Waals surface area contributed by atoms with Crippen molar-refractivity contribution in [3.05, 3.63) is 22.6 Å². The molecule has 0 saturated heterocycles. The molecule has 1 atom stereocenters. The van der Waals surface area contributed by atoms with Crippen LogP contribution in [0.2, 0.25) is 0 Å². The Morgan fingerprint density at radius 1 is 1.44 bits per heavy atom. The first kappa shape index (κ1) is 13.6. The highest BCUT2D eigenvalue weighted by atomic mass is 79.9. The molecule has 1 aromatic rings. The lowest BCUT2D eigenvalue weighted by atomic mass is 9.85. The zero-order valence-corrected chi connectivity index (χ0v) is 11.8. The van der Waals surface area contributed by atoms with Crippen LogP contribution in [0.25, 0.3) is 0 Å². The van der Waals surface area contributed by atoms with Gasteiger partial charge in [0.2, 0.25) is 0 Å². The summed E-state index contributed by atoms with van der Waals surface area (Å²) in [6, 6.07) is 3.28. The quantitative estimate of drug-likeness (QED) is 0.898. The number of aliphatic hydroxyl groups excluding tert-OH is 1. The van der Waals surface area contributed by atoms with Crippen molar-refractivity contribution in [1.82, 2.24) is 5.32 Å². The fourth-order valence-corrected chi connectivity index (χ4v) is 2.71. The Balaban J connectivity index is 1.78. The Hall–Kier alpha value is -0.810. The lowest BCUT2D eigenvalue weighted by Gasteiger charge is -2.26. The van der Waals surface area contributed by atoms with Gasteiger partial charge in [-0.2, -0.15) is 0 Å². The van der Waals surface area contributed by atoms with E-state index in [2.05, 4.69) is 21.2 Å². The van der Waals surface area contributed by atoms with Gasteiger partial charge in [-0.05, 0) is 46.8 Å². The minimum absolute atomic E-state index is 0.262. The van der Waals surface area contributed by atoms with Gasteiger partial charge in [0.05, 0.1) is 6.10 Å². The molecule has 100 valence electrons. The third-order valence-corrected chi connectivity index (χ3v) is 3.89. The van der Waals surface area contributed by atoms with E-state index in [0.717, 1.165) is 12.8 Å². The molecule has 1 aromatic heterocycles. The maximum absolute atomic E-state index is 11.7. The standard InChI is InChI=1S/C13H18BrNO3/c14-12-7-6-11(18-12)13(17)15-8-10(16)9-4-2-1-3-5-9/h6-7,9-10,16H,1-5,8H2,(H,15,17). The Morgan fingerprint density at radius 2 is 2.17 bits per heavy atom. The number of rotatable bonds is 4. The van der Waals surface area contributed by atoms with Crippen LogP contribution in [-0.2, 0) is 0 Å². The molecule has 1 unspecified atom stereocenters. The molecule has 1 aliphatic rings. The summed E-state index contributed by atoms with van der Waals surface area (Å²) in [7, 11) is 0. The van der Waals surface area contributed by atoms with Gasteiger partial charge in [0.15, 0.2) is 10.4 Å². The van der Waals surface area contributed by atoms with E-state index >= 15 is 0 Å². The highest BCUT2D eigenvalue weighted by Crippen LogP contribution is 2.26. The van der Waals surface area contributed by atoms with Gasteiger partial charge in [-0.25, -0.2) is 0 Å². The van der Waals surface area contributed by atoms with E-state index in [-0.39, 0.29) is 11.7 Å². The molecule has 1 saturated carbocycles. The van der Waals surface area contributed by atoms with Gasteiger partial charge < -0.3 is 14.8 Å². The second kappa shape index (κ2) is 6.38. The molecule has 2 N–H and O–H groups in total. The normalized spacial score (nSPS) is 18.6. The number of nitrogens with one attached hydrogen (secondary N) is 1. The molecule has 18 heavy (non-hydrogen) atoms. The summed E-state index contributed by atoms with van der Waals surface area (Å²) in [4.78, 5) is 11.7. The predicted molar refractivity (Wildman–Crippen MR) is 71.3 cm³/mol. The summed E-state index contributed by atoms with van der Waals surface area (Å²) < 4.78 is 5.67. The minimum atomic E-state index is -0.451. The molecule has 0 aliphatic heterocycles. The SMILES string of the molecule is O=C(NCC(O)C1CCCCC1)c1ccc(Br)o1. The van der Waals surface area contributed by atoms with Crippen LogP contribution in [-0.4, -0.2) is 23.7 Å². The highest BCUT2D eigenvalue weighted by Gasteiger charge is 2.22. The average molecular weight is 316 g/mol. The molecule has 1 amide bonds. The summed E-state index contributed by atoms with van der Waals surface area (Å²) in [5, 5.41) is 12.7. The first-order chi connectivity index (χ1) is 8.66. The van der Waals surface area contributed by atoms with E-state index in [1.54, 1.807) is 12.1 Å². The largest absolute Gasteiger partial charge is 0.444 e. The van der Waals surface area contributed by atoms with Gasteiger partial charge in [-0.15, -0.1) is 0 Å². The van der Waals surface area contributed by atoms with Crippen molar-refractivity contribution in [2.45, 2.75) is 38.2 Å². The molecule has 2 rings (SSSR count). The number of amides is 1. The lowest BCUT2D eigenvalue weighted by molar-refractivity contribution is 0.0724. The van der Waals surface area contributed by atoms with Crippen LogP contribution in [0.4, 0.5) is 0 Å². The Kier molecular flexibility index (Phi) is 4.83. The second-order valence-corrected chi connectivity index (χ2v) is 5.56. The van der Waals surface area contributed by atoms with Crippen molar-refractivity contribution in [1.29, 1.82) is 0 Å². The molecular formula is C13H18BrNO3. The fraction of sp³-hybridized carbons (Fsp3) is 0.615. The van der Waals surface area contributed by atoms with Crippen LogP contribution in [0.5, 0.6) is 0 Å². The highest BCUT2D eigenvalue weighted by molar-refractivity contribution is 9.10. The fourth-order valence-electron chi connectivity index (χ4n) is 2.41. The summed E-state index contributed by atoms with van der Waals surface area (Å²) in [5.41, 5.74) is 0. The number of hydrogen-bond donors (Lipinski definition) is 2. The first-order valence-corrected chi connectivity index (χ1v) is 7.17. The molecule has 0 aromatic carbocycles. The van der Waals surface area contributed by atoms with Crippen LogP contribution in [0, 0.1) is 5.92 Å². The smallest absolute Gasteiger partial charge is 0.287 e. The molecule has 4 nitrogen and oxygen atoms in total. The number of aliphatic hydroxyl groups is 1. The zero-order chi connectivity index (χ0) is 13.0. The monoisotopic (exact) mass is 315 g/mol. The maximum Gasteiger partial charge on any atom is 0.287 e. The van der Waals surface area contributed by atoms with Crippen molar-refractivity contribution >= 4 is 21.8 Å². The molecule has 0 bridgehead atoms. The number of halogens is 1. The van der Waals surface area contributed by atoms with Gasteiger partial charge >= 0.3 is 0 Å². The number of carbonyl (C=O) groups excluding carboxylic acids is 1. The van der Waals surface area contributed by atoms with Gasteiger partial charge in [0.1, 0.15) is 0 Å². The molecule has 0 radical (unpaired) electrons. The molecule has 1 fully saturated rings. The van der Waals surface area contributed by atoms with Crippen molar-refractivity contribution < 1.29 is 14.3 Å². The van der Waals surface area contributed by atoms with E-state index < -0.39 is 6.10 Å². The molecule has 1 aliphatic carbocycles. The van der Waals surface area contributed by atoms with Crippen LogP contribution >= 0.6 is 15.9 Å². The lowest BCUT2D eigenvalue weighted by Crippen LogP contribution is -2.36. The Bertz CT molecular complexity index is 399. The molecular weight excluding hydrogens is 298 g/mol. The zero-order valence-electron chi connectivity index (χ0n) is 10.2. The Labute approximate surface area is 115 Å². The summed E-state index contributed by atoms with van der Waals surface area (Å²) in [6.07, 6.45) is 5.29. The third kappa shape index (κ3) is 3.59. The number of hydrogen-bond acceptors (Lipinski definition) is 3. The van der Waals surface area contributed by atoms with Crippen LogP contribution in [0.1, 0.15) is 42.7 Å². The van der Waals surface area contributed by atoms with E-state index in [1.165, 1.54) is 19.3 Å². The van der Waals surface area contributed by atoms with Crippen LogP contribution in [0.15, 0.2) is 21.2 Å². The van der Waals surface area contributed by atoms with E-state index in [9.17, 15) is 9.90 Å². The number of carbonyl (C=O) groups is 1. The molecule has 5 heteroatoms. The van der Waals surface area contributed by atoms with Crippen molar-refractivity contribution in [3.8, 4) is 0 Å². The summed E-state index contributed by atoms with van der Waals surface area (Å²) in [5.74, 6) is 0.302. The van der Waals surface area contributed by atoms with Gasteiger partial charge in [0, 0.05) is 6.54 Å². The Morgan fingerprint density at radius 3 is 2.78 bits per heavy atom. The number of furan rings is 1. The second-order valence-electron chi connectivity index (χ2n) is 4.78. The summed E-state index contributed by atoms with van der Waals surface area (Å²) in [6.45, 7) is 0.293. The minimum Gasteiger partial charge on any atom is -0.444 e. The predicted octanol–water partition coefficient (Wildman–Crippen LogP) is 2.71. The van der Waals surface area contributed by atoms with E-state index in [1.807, 2.05) is 0 Å². The van der Waals surface area contributed by atoms with Crippen molar-refractivity contribution in [3.63, 3.8) is 0 Å². The maximum atomic E-state index is 11.7. The van der Waals surface area contributed by atoms with Crippen molar-refractivity contribution in [2.75, 3.05) is 6.54 Å². The summed E-state index contributed by atoms with van der Waals surface area (Å²) >= 11 is 3.15. The van der Waals surface area contributed by atoms with Gasteiger partial charge in [-0.1, -0.05) is 19.3 Å². The van der Waals surface area contributed by atoms with E-state index in [4.69, 9.17) is 4.42 Å². The molecule has 0 spiro atoms.